The Kier molecular flexibility index (Phi) is 3.06. The molecule has 1 aromatic carbocycles. The fourth-order valence-electron chi connectivity index (χ4n) is 1.67. The van der Waals surface area contributed by atoms with Crippen LogP contribution in [0.15, 0.2) is 42.6 Å². The van der Waals surface area contributed by atoms with Gasteiger partial charge in [0.05, 0.1) is 5.69 Å². The van der Waals surface area contributed by atoms with Crippen molar-refractivity contribution in [1.29, 1.82) is 0 Å². The van der Waals surface area contributed by atoms with Crippen LogP contribution < -0.4 is 5.73 Å². The molecule has 0 amide bonds. The number of rotatable bonds is 3. The Labute approximate surface area is 101 Å². The van der Waals surface area contributed by atoms with Crippen LogP contribution >= 0.6 is 12.2 Å². The minimum Gasteiger partial charge on any atom is -0.388 e. The molecule has 82 valence electrons. The molecule has 0 unspecified atom stereocenters. The van der Waals surface area contributed by atoms with Crippen LogP contribution in [0.2, 0.25) is 0 Å². The zero-order valence-electron chi connectivity index (χ0n) is 9.18. The number of nitrogens with zero attached hydrogens (tertiary/aromatic N) is 1. The van der Waals surface area contributed by atoms with Crippen molar-refractivity contribution < 1.29 is 0 Å². The molecule has 16 heavy (non-hydrogen) atoms. The first-order valence-electron chi connectivity index (χ1n) is 5.17. The van der Waals surface area contributed by atoms with Crippen LogP contribution in [0.5, 0.6) is 0 Å². The van der Waals surface area contributed by atoms with Crippen LogP contribution in [-0.2, 0) is 6.54 Å². The SMILES string of the molecule is Cc1ccc(Cn2cccc2C(N)=S)cc1. The average molecular weight is 230 g/mol. The molecule has 1 heterocycles. The van der Waals surface area contributed by atoms with Crippen molar-refractivity contribution >= 4 is 17.2 Å². The van der Waals surface area contributed by atoms with Gasteiger partial charge in [-0.15, -0.1) is 0 Å². The number of hydrogen-bond donors (Lipinski definition) is 1. The molecule has 2 rings (SSSR count). The van der Waals surface area contributed by atoms with Crippen LogP contribution in [0.3, 0.4) is 0 Å². The largest absolute Gasteiger partial charge is 0.388 e. The van der Waals surface area contributed by atoms with Crippen molar-refractivity contribution in [2.75, 3.05) is 0 Å². The topological polar surface area (TPSA) is 30.9 Å². The van der Waals surface area contributed by atoms with Gasteiger partial charge >= 0.3 is 0 Å². The molecule has 0 aliphatic carbocycles. The van der Waals surface area contributed by atoms with Crippen LogP contribution in [0.25, 0.3) is 0 Å². The predicted octanol–water partition coefficient (Wildman–Crippen LogP) is 2.48. The van der Waals surface area contributed by atoms with Gasteiger partial charge in [0.15, 0.2) is 0 Å². The molecule has 0 aliphatic rings. The van der Waals surface area contributed by atoms with Gasteiger partial charge in [0.2, 0.25) is 0 Å². The van der Waals surface area contributed by atoms with Crippen molar-refractivity contribution in [2.24, 2.45) is 5.73 Å². The number of benzene rings is 1. The van der Waals surface area contributed by atoms with E-state index in [-0.39, 0.29) is 0 Å². The predicted molar refractivity (Wildman–Crippen MR) is 70.6 cm³/mol. The Morgan fingerprint density at radius 1 is 1.25 bits per heavy atom. The number of aromatic nitrogens is 1. The van der Waals surface area contributed by atoms with Crippen LogP contribution in [0.1, 0.15) is 16.8 Å². The van der Waals surface area contributed by atoms with E-state index in [2.05, 4.69) is 35.8 Å². The molecule has 0 bridgehead atoms. The number of hydrogen-bond acceptors (Lipinski definition) is 1. The molecule has 0 fully saturated rings. The van der Waals surface area contributed by atoms with E-state index >= 15 is 0 Å². The van der Waals surface area contributed by atoms with E-state index in [1.807, 2.05) is 18.3 Å². The highest BCUT2D eigenvalue weighted by atomic mass is 32.1. The Balaban J connectivity index is 2.23. The van der Waals surface area contributed by atoms with Gasteiger partial charge < -0.3 is 10.3 Å². The van der Waals surface area contributed by atoms with E-state index < -0.39 is 0 Å². The zero-order valence-corrected chi connectivity index (χ0v) is 10.00. The van der Waals surface area contributed by atoms with Crippen molar-refractivity contribution in [3.63, 3.8) is 0 Å². The van der Waals surface area contributed by atoms with Gasteiger partial charge in [0, 0.05) is 12.7 Å². The van der Waals surface area contributed by atoms with Gasteiger partial charge in [-0.25, -0.2) is 0 Å². The molecule has 0 spiro atoms. The fraction of sp³-hybridized carbons (Fsp3) is 0.154. The highest BCUT2D eigenvalue weighted by Gasteiger charge is 2.03. The lowest BCUT2D eigenvalue weighted by molar-refractivity contribution is 0.798. The third-order valence-corrected chi connectivity index (χ3v) is 2.76. The summed E-state index contributed by atoms with van der Waals surface area (Å²) in [6.45, 7) is 2.89. The first-order valence-corrected chi connectivity index (χ1v) is 5.58. The molecule has 0 radical (unpaired) electrons. The molecule has 2 N–H and O–H groups in total. The Hall–Kier alpha value is -1.61. The maximum absolute atomic E-state index is 5.65. The summed E-state index contributed by atoms with van der Waals surface area (Å²) in [7, 11) is 0. The van der Waals surface area contributed by atoms with Gasteiger partial charge in [-0.05, 0) is 24.6 Å². The van der Waals surface area contributed by atoms with Crippen molar-refractivity contribution in [3.8, 4) is 0 Å². The minimum atomic E-state index is 0.442. The summed E-state index contributed by atoms with van der Waals surface area (Å²) in [5.41, 5.74) is 9.08. The number of nitrogens with two attached hydrogens (primary N) is 1. The lowest BCUT2D eigenvalue weighted by atomic mass is 10.1. The Morgan fingerprint density at radius 3 is 2.56 bits per heavy atom. The van der Waals surface area contributed by atoms with Crippen molar-refractivity contribution in [2.45, 2.75) is 13.5 Å². The summed E-state index contributed by atoms with van der Waals surface area (Å²) in [5, 5.41) is 0. The van der Waals surface area contributed by atoms with Crippen molar-refractivity contribution in [1.82, 2.24) is 4.57 Å². The van der Waals surface area contributed by atoms with Gasteiger partial charge in [-0.1, -0.05) is 42.0 Å². The maximum atomic E-state index is 5.65. The minimum absolute atomic E-state index is 0.442. The van der Waals surface area contributed by atoms with Gasteiger partial charge in [-0.2, -0.15) is 0 Å². The van der Waals surface area contributed by atoms with Gasteiger partial charge in [0.25, 0.3) is 0 Å². The summed E-state index contributed by atoms with van der Waals surface area (Å²) in [6.07, 6.45) is 1.99. The smallest absolute Gasteiger partial charge is 0.120 e. The number of thiocarbonyl (C=S) groups is 1. The van der Waals surface area contributed by atoms with E-state index in [1.54, 1.807) is 0 Å². The third-order valence-electron chi connectivity index (χ3n) is 2.56. The molecule has 3 heteroatoms. The first kappa shape index (κ1) is 10.9. The fourth-order valence-corrected chi connectivity index (χ4v) is 1.85. The van der Waals surface area contributed by atoms with Crippen LogP contribution in [0, 0.1) is 6.92 Å². The first-order chi connectivity index (χ1) is 7.66. The lowest BCUT2D eigenvalue weighted by Crippen LogP contribution is -2.15. The van der Waals surface area contributed by atoms with Crippen LogP contribution in [0.4, 0.5) is 0 Å². The maximum Gasteiger partial charge on any atom is 0.120 e. The lowest BCUT2D eigenvalue weighted by Gasteiger charge is -2.08. The Bertz CT molecular complexity index is 497. The Morgan fingerprint density at radius 2 is 1.94 bits per heavy atom. The highest BCUT2D eigenvalue weighted by Crippen LogP contribution is 2.09. The second-order valence-corrected chi connectivity index (χ2v) is 4.31. The molecular formula is C13H14N2S. The normalized spacial score (nSPS) is 10.3. The summed E-state index contributed by atoms with van der Waals surface area (Å²) in [5.74, 6) is 0. The van der Waals surface area contributed by atoms with E-state index in [4.69, 9.17) is 18.0 Å². The average Bonchev–Trinajstić information content (AvgIpc) is 2.69. The van der Waals surface area contributed by atoms with Crippen LogP contribution in [-0.4, -0.2) is 9.56 Å². The molecule has 0 aliphatic heterocycles. The van der Waals surface area contributed by atoms with Gasteiger partial charge in [0.1, 0.15) is 4.99 Å². The molecule has 0 atom stereocenters. The van der Waals surface area contributed by atoms with Crippen molar-refractivity contribution in [3.05, 3.63) is 59.4 Å². The molecule has 0 saturated heterocycles. The molecule has 2 nitrogen and oxygen atoms in total. The molecule has 0 saturated carbocycles. The number of aryl methyl sites for hydroxylation is 1. The van der Waals surface area contributed by atoms with E-state index in [9.17, 15) is 0 Å². The second kappa shape index (κ2) is 4.49. The third kappa shape index (κ3) is 2.31. The van der Waals surface area contributed by atoms with E-state index in [0.29, 0.717) is 4.99 Å². The summed E-state index contributed by atoms with van der Waals surface area (Å²) < 4.78 is 2.06. The van der Waals surface area contributed by atoms with E-state index in [1.165, 1.54) is 11.1 Å². The quantitative estimate of drug-likeness (QED) is 0.821. The highest BCUT2D eigenvalue weighted by molar-refractivity contribution is 7.80. The second-order valence-electron chi connectivity index (χ2n) is 3.87. The molecule has 1 aromatic heterocycles. The van der Waals surface area contributed by atoms with Gasteiger partial charge in [-0.3, -0.25) is 0 Å². The summed E-state index contributed by atoms with van der Waals surface area (Å²) in [4.78, 5) is 0.442. The monoisotopic (exact) mass is 230 g/mol. The zero-order chi connectivity index (χ0) is 11.5. The molecular weight excluding hydrogens is 216 g/mol. The molecule has 2 aromatic rings. The van der Waals surface area contributed by atoms with E-state index in [0.717, 1.165) is 12.2 Å². The summed E-state index contributed by atoms with van der Waals surface area (Å²) >= 11 is 5.00. The standard InChI is InChI=1S/C13H14N2S/c1-10-4-6-11(7-5-10)9-15-8-2-3-12(15)13(14)16/h2-8H,9H2,1H3,(H2,14,16). The summed E-state index contributed by atoms with van der Waals surface area (Å²) in [6, 6.07) is 12.4.